The van der Waals surface area contributed by atoms with Gasteiger partial charge in [-0.1, -0.05) is 23.7 Å². The molecule has 10 nitrogen and oxygen atoms in total. The second kappa shape index (κ2) is 10.1. The van der Waals surface area contributed by atoms with Crippen LogP contribution >= 0.6 is 11.6 Å². The molecule has 1 saturated heterocycles. The van der Waals surface area contributed by atoms with E-state index in [-0.39, 0.29) is 5.56 Å². The minimum atomic E-state index is -0.296. The van der Waals surface area contributed by atoms with Crippen molar-refractivity contribution in [2.75, 3.05) is 42.9 Å². The van der Waals surface area contributed by atoms with Gasteiger partial charge in [-0.2, -0.15) is 10.2 Å². The molecule has 0 saturated carbocycles. The number of imidazole rings is 1. The summed E-state index contributed by atoms with van der Waals surface area (Å²) in [5, 5.41) is 12.8. The van der Waals surface area contributed by atoms with Crippen molar-refractivity contribution in [3.8, 4) is 11.8 Å². The van der Waals surface area contributed by atoms with Crippen LogP contribution in [0, 0.1) is 11.3 Å². The molecule has 1 aliphatic heterocycles. The van der Waals surface area contributed by atoms with E-state index in [0.29, 0.717) is 39.9 Å². The van der Waals surface area contributed by atoms with Gasteiger partial charge in [-0.05, 0) is 36.4 Å². The van der Waals surface area contributed by atoms with Gasteiger partial charge in [0.25, 0.3) is 5.56 Å². The summed E-state index contributed by atoms with van der Waals surface area (Å²) < 4.78 is 3.23. The minimum absolute atomic E-state index is 0.296. The van der Waals surface area contributed by atoms with Gasteiger partial charge >= 0.3 is 0 Å². The van der Waals surface area contributed by atoms with Crippen LogP contribution in [0.3, 0.4) is 0 Å². The molecule has 0 amide bonds. The number of halogens is 1. The molecule has 1 aliphatic rings. The normalized spacial score (nSPS) is 14.2. The fraction of sp³-hybridized carbons (Fsp3) is 0.222. The van der Waals surface area contributed by atoms with Gasteiger partial charge in [0, 0.05) is 69.1 Å². The van der Waals surface area contributed by atoms with Crippen molar-refractivity contribution in [3.63, 3.8) is 0 Å². The van der Waals surface area contributed by atoms with Gasteiger partial charge in [-0.15, -0.1) is 0 Å². The van der Waals surface area contributed by atoms with Crippen molar-refractivity contribution in [2.45, 2.75) is 6.42 Å². The van der Waals surface area contributed by atoms with Crippen LogP contribution in [0.25, 0.3) is 22.5 Å². The van der Waals surface area contributed by atoms with Crippen LogP contribution in [0.15, 0.2) is 71.9 Å². The van der Waals surface area contributed by atoms with Crippen molar-refractivity contribution in [1.82, 2.24) is 28.8 Å². The second-order valence-corrected chi connectivity index (χ2v) is 9.44. The average Bonchev–Trinajstić information content (AvgIpc) is 3.44. The molecule has 5 aromatic rings. The molecule has 0 aliphatic carbocycles. The number of nitriles is 1. The monoisotopic (exact) mass is 525 g/mol. The van der Waals surface area contributed by atoms with Crippen molar-refractivity contribution in [3.05, 3.63) is 82.5 Å². The number of benzene rings is 2. The molecule has 1 N–H and O–H groups in total. The first-order chi connectivity index (χ1) is 18.6. The van der Waals surface area contributed by atoms with Gasteiger partial charge < -0.3 is 10.2 Å². The molecule has 0 atom stereocenters. The molecule has 1 fully saturated rings. The lowest BCUT2D eigenvalue weighted by Gasteiger charge is -2.35. The third kappa shape index (κ3) is 4.42. The molecule has 3 aromatic heterocycles. The van der Waals surface area contributed by atoms with E-state index in [1.807, 2.05) is 24.3 Å². The molecular weight excluding hydrogens is 502 g/mol. The number of anilines is 3. The summed E-state index contributed by atoms with van der Waals surface area (Å²) >= 11 is 6.40. The van der Waals surface area contributed by atoms with Crippen molar-refractivity contribution >= 4 is 45.7 Å². The Kier molecular flexibility index (Phi) is 6.37. The molecule has 2 aromatic carbocycles. The van der Waals surface area contributed by atoms with Crippen molar-refractivity contribution < 1.29 is 0 Å². The van der Waals surface area contributed by atoms with Crippen LogP contribution in [0.5, 0.6) is 0 Å². The van der Waals surface area contributed by atoms with Crippen LogP contribution in [-0.4, -0.2) is 61.5 Å². The smallest absolute Gasteiger partial charge is 0.270 e. The first-order valence-electron chi connectivity index (χ1n) is 12.3. The van der Waals surface area contributed by atoms with Gasteiger partial charge in [0.15, 0.2) is 5.65 Å². The maximum atomic E-state index is 13.5. The highest BCUT2D eigenvalue weighted by atomic mass is 35.5. The van der Waals surface area contributed by atoms with E-state index in [2.05, 4.69) is 48.3 Å². The summed E-state index contributed by atoms with van der Waals surface area (Å²) in [6.45, 7) is 4.59. The fourth-order valence-corrected chi connectivity index (χ4v) is 5.00. The van der Waals surface area contributed by atoms with Gasteiger partial charge in [0.05, 0.1) is 16.8 Å². The van der Waals surface area contributed by atoms with Gasteiger partial charge in [0.1, 0.15) is 5.39 Å². The quantitative estimate of drug-likeness (QED) is 0.356. The lowest BCUT2D eigenvalue weighted by atomic mass is 10.2. The van der Waals surface area contributed by atoms with Crippen LogP contribution < -0.4 is 15.8 Å². The number of para-hydroxylation sites is 1. The number of hydrogen-bond donors (Lipinski definition) is 1. The highest BCUT2D eigenvalue weighted by Crippen LogP contribution is 2.24. The summed E-state index contributed by atoms with van der Waals surface area (Å²) in [7, 11) is 0. The first kappa shape index (κ1) is 23.9. The fourth-order valence-electron chi connectivity index (χ4n) is 4.78. The third-order valence-corrected chi connectivity index (χ3v) is 7.07. The number of aromatic nitrogens is 5. The molecule has 0 radical (unpaired) electrons. The predicted octanol–water partition coefficient (Wildman–Crippen LogP) is 3.86. The highest BCUT2D eigenvalue weighted by molar-refractivity contribution is 6.32. The van der Waals surface area contributed by atoms with E-state index in [1.54, 1.807) is 28.9 Å². The molecule has 0 spiro atoms. The largest absolute Gasteiger partial charge is 0.369 e. The topological polar surface area (TPSA) is 107 Å². The first-order valence-corrected chi connectivity index (χ1v) is 12.7. The Bertz CT molecular complexity index is 1710. The Morgan fingerprint density at radius 2 is 1.82 bits per heavy atom. The van der Waals surface area contributed by atoms with Gasteiger partial charge in [-0.3, -0.25) is 14.1 Å². The molecule has 0 unspecified atom stereocenters. The van der Waals surface area contributed by atoms with Gasteiger partial charge in [-0.25, -0.2) is 14.5 Å². The van der Waals surface area contributed by atoms with E-state index in [9.17, 15) is 4.79 Å². The lowest BCUT2D eigenvalue weighted by Crippen LogP contribution is -2.46. The second-order valence-electron chi connectivity index (χ2n) is 9.03. The lowest BCUT2D eigenvalue weighted by molar-refractivity contribution is 0.263. The molecule has 0 bridgehead atoms. The number of piperazine rings is 1. The summed E-state index contributed by atoms with van der Waals surface area (Å²) in [6, 6.07) is 17.5. The van der Waals surface area contributed by atoms with Gasteiger partial charge in [0.2, 0.25) is 11.7 Å². The van der Waals surface area contributed by atoms with Crippen LogP contribution in [-0.2, 0) is 0 Å². The van der Waals surface area contributed by atoms with Crippen LogP contribution in [0.2, 0.25) is 5.02 Å². The third-order valence-electron chi connectivity index (χ3n) is 6.75. The van der Waals surface area contributed by atoms with Crippen LogP contribution in [0.1, 0.15) is 6.42 Å². The summed E-state index contributed by atoms with van der Waals surface area (Å²) in [4.78, 5) is 31.6. The number of nitrogens with one attached hydrogen (secondary N) is 1. The van der Waals surface area contributed by atoms with E-state index < -0.39 is 0 Å². The molecule has 190 valence electrons. The number of hydrogen-bond acceptors (Lipinski definition) is 8. The Balaban J connectivity index is 1.25. The molecule has 38 heavy (non-hydrogen) atoms. The Hall–Kier alpha value is -4.46. The standard InChI is InChI=1S/C27H24ClN9O/c28-22-4-1-2-5-23(22)37-25(38)21-18-31-26(33-24(21)36-13-11-30-27(36)37)32-19-6-8-20(9-7-19)35-16-14-34(15-17-35)12-3-10-29/h1-2,4-9,11,13,18H,3,12,14-17H2,(H,31,32,33). The highest BCUT2D eigenvalue weighted by Gasteiger charge is 2.18. The summed E-state index contributed by atoms with van der Waals surface area (Å²) in [6.07, 6.45) is 5.48. The minimum Gasteiger partial charge on any atom is -0.369 e. The zero-order valence-electron chi connectivity index (χ0n) is 20.5. The Morgan fingerprint density at radius 3 is 2.58 bits per heavy atom. The maximum Gasteiger partial charge on any atom is 0.270 e. The SMILES string of the molecule is N#CCCN1CCN(c2ccc(Nc3ncc4c(=O)n(-c5ccccc5Cl)c5nccn5c4n3)cc2)CC1. The molecular formula is C27H24ClN9O. The van der Waals surface area contributed by atoms with Crippen LogP contribution in [0.4, 0.5) is 17.3 Å². The average molecular weight is 526 g/mol. The number of rotatable bonds is 6. The summed E-state index contributed by atoms with van der Waals surface area (Å²) in [5.74, 6) is 0.790. The van der Waals surface area contributed by atoms with E-state index >= 15 is 0 Å². The van der Waals surface area contributed by atoms with Crippen molar-refractivity contribution in [2.24, 2.45) is 0 Å². The Morgan fingerprint density at radius 1 is 1.03 bits per heavy atom. The van der Waals surface area contributed by atoms with E-state index in [4.69, 9.17) is 16.9 Å². The predicted molar refractivity (Wildman–Crippen MR) is 148 cm³/mol. The zero-order valence-corrected chi connectivity index (χ0v) is 21.2. The molecule has 11 heteroatoms. The number of fused-ring (bicyclic) bond motifs is 3. The Labute approximate surface area is 223 Å². The van der Waals surface area contributed by atoms with E-state index in [0.717, 1.165) is 44.1 Å². The zero-order chi connectivity index (χ0) is 26.1. The maximum absolute atomic E-state index is 13.5. The molecule has 6 rings (SSSR count). The summed E-state index contributed by atoms with van der Waals surface area (Å²) in [5.41, 5.74) is 2.69. The molecule has 4 heterocycles. The number of nitrogens with zero attached hydrogens (tertiary/aromatic N) is 8. The van der Waals surface area contributed by atoms with Crippen molar-refractivity contribution in [1.29, 1.82) is 5.26 Å². The van der Waals surface area contributed by atoms with E-state index in [1.165, 1.54) is 10.8 Å².